The number of benzene rings is 2. The first-order valence-corrected chi connectivity index (χ1v) is 7.43. The number of hydrogen-bond donors (Lipinski definition) is 0. The molecule has 0 fully saturated rings. The lowest BCUT2D eigenvalue weighted by Crippen LogP contribution is -2.35. The van der Waals surface area contributed by atoms with Gasteiger partial charge in [-0.1, -0.05) is 18.2 Å². The van der Waals surface area contributed by atoms with Crippen LogP contribution >= 0.6 is 11.8 Å². The average molecular weight is 301 g/mol. The predicted octanol–water partition coefficient (Wildman–Crippen LogP) is 3.28. The fourth-order valence-electron chi connectivity index (χ4n) is 2.26. The number of amides is 1. The number of nitrogens with zero attached hydrogens (tertiary/aromatic N) is 1. The van der Waals surface area contributed by atoms with Gasteiger partial charge in [0.1, 0.15) is 12.1 Å². The van der Waals surface area contributed by atoms with Crippen LogP contribution in [0.2, 0.25) is 0 Å². The van der Waals surface area contributed by atoms with Crippen molar-refractivity contribution in [1.29, 1.82) is 0 Å². The van der Waals surface area contributed by atoms with Crippen molar-refractivity contribution in [3.8, 4) is 0 Å². The van der Waals surface area contributed by atoms with Crippen molar-refractivity contribution >= 4 is 29.6 Å². The summed E-state index contributed by atoms with van der Waals surface area (Å²) in [6.45, 7) is 0.194. The molecule has 1 aliphatic heterocycles. The highest BCUT2D eigenvalue weighted by atomic mass is 32.2. The largest absolute Gasteiger partial charge is 0.306 e. The van der Waals surface area contributed by atoms with Gasteiger partial charge in [-0.15, -0.1) is 11.8 Å². The summed E-state index contributed by atoms with van der Waals surface area (Å²) in [6, 6.07) is 11.6. The minimum absolute atomic E-state index is 0.0605. The second kappa shape index (κ2) is 5.69. The molecule has 2 aromatic carbocycles. The molecule has 1 amide bonds. The van der Waals surface area contributed by atoms with E-state index in [2.05, 4.69) is 0 Å². The van der Waals surface area contributed by atoms with Gasteiger partial charge in [0.15, 0.2) is 0 Å². The molecule has 3 rings (SSSR count). The van der Waals surface area contributed by atoms with Crippen LogP contribution in [0.3, 0.4) is 0 Å². The van der Waals surface area contributed by atoms with Gasteiger partial charge in [-0.3, -0.25) is 9.59 Å². The van der Waals surface area contributed by atoms with Crippen LogP contribution in [0, 0.1) is 5.82 Å². The van der Waals surface area contributed by atoms with Crippen molar-refractivity contribution < 1.29 is 14.0 Å². The van der Waals surface area contributed by atoms with E-state index in [0.717, 1.165) is 16.9 Å². The lowest BCUT2D eigenvalue weighted by Gasteiger charge is -2.29. The van der Waals surface area contributed by atoms with Gasteiger partial charge in [0, 0.05) is 16.0 Å². The lowest BCUT2D eigenvalue weighted by atomic mass is 10.1. The Morgan fingerprint density at radius 3 is 2.81 bits per heavy atom. The Morgan fingerprint density at radius 1 is 1.24 bits per heavy atom. The normalized spacial score (nSPS) is 14.0. The molecule has 5 heteroatoms. The third kappa shape index (κ3) is 2.69. The van der Waals surface area contributed by atoms with E-state index in [4.69, 9.17) is 0 Å². The third-order valence-corrected chi connectivity index (χ3v) is 4.38. The van der Waals surface area contributed by atoms with Gasteiger partial charge in [0.05, 0.1) is 18.0 Å². The first-order valence-electron chi connectivity index (χ1n) is 6.45. The number of thioether (sulfide) groups is 1. The van der Waals surface area contributed by atoms with Crippen LogP contribution in [-0.4, -0.2) is 17.9 Å². The zero-order valence-electron chi connectivity index (χ0n) is 11.1. The quantitative estimate of drug-likeness (QED) is 0.817. The van der Waals surface area contributed by atoms with Crippen LogP contribution in [0.4, 0.5) is 10.1 Å². The molecule has 1 aliphatic rings. The minimum Gasteiger partial charge on any atom is -0.306 e. The summed E-state index contributed by atoms with van der Waals surface area (Å²) in [5.41, 5.74) is 1.77. The Labute approximate surface area is 125 Å². The molecule has 0 unspecified atom stereocenters. The zero-order valence-corrected chi connectivity index (χ0v) is 11.9. The van der Waals surface area contributed by atoms with E-state index in [1.54, 1.807) is 41.3 Å². The van der Waals surface area contributed by atoms with Gasteiger partial charge in [-0.05, 0) is 24.3 Å². The molecule has 0 atom stereocenters. The number of halogens is 1. The molecule has 3 nitrogen and oxygen atoms in total. The first-order chi connectivity index (χ1) is 10.2. The molecule has 0 saturated carbocycles. The van der Waals surface area contributed by atoms with E-state index in [0.29, 0.717) is 16.9 Å². The first kappa shape index (κ1) is 13.8. The summed E-state index contributed by atoms with van der Waals surface area (Å²) in [5.74, 6) is -0.0896. The molecule has 0 spiro atoms. The maximum Gasteiger partial charge on any atom is 0.237 e. The van der Waals surface area contributed by atoms with Gasteiger partial charge in [0.25, 0.3) is 0 Å². The lowest BCUT2D eigenvalue weighted by molar-refractivity contribution is -0.116. The fraction of sp³-hybridized carbons (Fsp3) is 0.125. The molecule has 2 aromatic rings. The fourth-order valence-corrected chi connectivity index (χ4v) is 3.25. The van der Waals surface area contributed by atoms with Gasteiger partial charge in [0.2, 0.25) is 5.91 Å². The average Bonchev–Trinajstić information content (AvgIpc) is 2.51. The summed E-state index contributed by atoms with van der Waals surface area (Å²) < 4.78 is 13.8. The van der Waals surface area contributed by atoms with Crippen LogP contribution < -0.4 is 4.90 Å². The number of carbonyl (C=O) groups excluding carboxylic acids is 2. The summed E-state index contributed by atoms with van der Waals surface area (Å²) in [6.07, 6.45) is 0.776. The van der Waals surface area contributed by atoms with Gasteiger partial charge < -0.3 is 4.90 Å². The van der Waals surface area contributed by atoms with Crippen molar-refractivity contribution in [3.63, 3.8) is 0 Å². The Hall–Kier alpha value is -2.14. The molecule has 0 aliphatic carbocycles. The smallest absolute Gasteiger partial charge is 0.237 e. The summed E-state index contributed by atoms with van der Waals surface area (Å²) in [4.78, 5) is 25.4. The molecule has 0 bridgehead atoms. The molecule has 21 heavy (non-hydrogen) atoms. The Balaban J connectivity index is 1.98. The molecule has 0 saturated heterocycles. The van der Waals surface area contributed by atoms with Crippen molar-refractivity contribution in [2.75, 3.05) is 10.7 Å². The second-order valence-corrected chi connectivity index (χ2v) is 5.72. The maximum absolute atomic E-state index is 13.8. The monoisotopic (exact) mass is 301 g/mol. The number of carbonyl (C=O) groups is 2. The minimum atomic E-state index is -0.324. The number of rotatable bonds is 3. The van der Waals surface area contributed by atoms with E-state index >= 15 is 0 Å². The van der Waals surface area contributed by atoms with Gasteiger partial charge in [-0.25, -0.2) is 4.39 Å². The Kier molecular flexibility index (Phi) is 3.75. The number of fused-ring (bicyclic) bond motifs is 1. The molecule has 106 valence electrons. The Morgan fingerprint density at radius 2 is 2.05 bits per heavy atom. The Bertz CT molecular complexity index is 717. The summed E-state index contributed by atoms with van der Waals surface area (Å²) in [5, 5.41) is 0. The predicted molar refractivity (Wildman–Crippen MR) is 80.1 cm³/mol. The SMILES string of the molecule is O=Cc1ccc2c(c1)SCC(=O)N2Cc1ccccc1F. The van der Waals surface area contributed by atoms with E-state index in [1.165, 1.54) is 17.8 Å². The van der Waals surface area contributed by atoms with E-state index in [9.17, 15) is 14.0 Å². The second-order valence-electron chi connectivity index (χ2n) is 4.70. The van der Waals surface area contributed by atoms with Crippen molar-refractivity contribution in [1.82, 2.24) is 0 Å². The van der Waals surface area contributed by atoms with Crippen LogP contribution in [0.5, 0.6) is 0 Å². The number of aldehydes is 1. The van der Waals surface area contributed by atoms with Crippen LogP contribution in [0.15, 0.2) is 47.4 Å². The van der Waals surface area contributed by atoms with E-state index in [-0.39, 0.29) is 18.3 Å². The molecule has 1 heterocycles. The van der Waals surface area contributed by atoms with Crippen LogP contribution in [0.25, 0.3) is 0 Å². The summed E-state index contributed by atoms with van der Waals surface area (Å²) in [7, 11) is 0. The van der Waals surface area contributed by atoms with Crippen molar-refractivity contribution in [3.05, 3.63) is 59.4 Å². The highest BCUT2D eigenvalue weighted by Gasteiger charge is 2.25. The summed E-state index contributed by atoms with van der Waals surface area (Å²) >= 11 is 1.40. The molecule has 0 aromatic heterocycles. The van der Waals surface area contributed by atoms with Crippen molar-refractivity contribution in [2.24, 2.45) is 0 Å². The highest BCUT2D eigenvalue weighted by molar-refractivity contribution is 8.00. The molecular formula is C16H12FNO2S. The molecule has 0 N–H and O–H groups in total. The van der Waals surface area contributed by atoms with E-state index < -0.39 is 0 Å². The van der Waals surface area contributed by atoms with Crippen molar-refractivity contribution in [2.45, 2.75) is 11.4 Å². The highest BCUT2D eigenvalue weighted by Crippen LogP contribution is 2.36. The van der Waals surface area contributed by atoms with E-state index in [1.807, 2.05) is 0 Å². The van der Waals surface area contributed by atoms with Gasteiger partial charge in [-0.2, -0.15) is 0 Å². The van der Waals surface area contributed by atoms with Crippen LogP contribution in [-0.2, 0) is 11.3 Å². The third-order valence-electron chi connectivity index (χ3n) is 3.35. The standard InChI is InChI=1S/C16H12FNO2S/c17-13-4-2-1-3-12(13)8-18-14-6-5-11(9-19)7-15(14)21-10-16(18)20/h1-7,9H,8,10H2. The zero-order chi connectivity index (χ0) is 14.8. The molecule has 0 radical (unpaired) electrons. The van der Waals surface area contributed by atoms with Crippen LogP contribution in [0.1, 0.15) is 15.9 Å². The maximum atomic E-state index is 13.8. The topological polar surface area (TPSA) is 37.4 Å². The molecular weight excluding hydrogens is 289 g/mol. The van der Waals surface area contributed by atoms with Gasteiger partial charge >= 0.3 is 0 Å². The number of hydrogen-bond acceptors (Lipinski definition) is 3. The number of anilines is 1.